The van der Waals surface area contributed by atoms with E-state index in [1.54, 1.807) is 12.3 Å². The Morgan fingerprint density at radius 3 is 2.67 bits per heavy atom. The molecule has 0 saturated carbocycles. The van der Waals surface area contributed by atoms with Crippen LogP contribution >= 0.6 is 0 Å². The molecule has 18 heavy (non-hydrogen) atoms. The number of carbonyl (C=O) groups excluding carboxylic acids is 1. The molecule has 0 fully saturated rings. The van der Waals surface area contributed by atoms with Crippen LogP contribution in [0.25, 0.3) is 0 Å². The van der Waals surface area contributed by atoms with Gasteiger partial charge in [-0.25, -0.2) is 0 Å². The first kappa shape index (κ1) is 12.4. The maximum absolute atomic E-state index is 12.1. The molecular formula is C15H16N2O. The summed E-state index contributed by atoms with van der Waals surface area (Å²) in [5.41, 5.74) is 3.55. The fraction of sp³-hybridized carbons (Fsp3) is 0.267. The lowest BCUT2D eigenvalue weighted by Crippen LogP contribution is -2.05. The normalized spacial score (nSPS) is 10.3. The maximum Gasteiger partial charge on any atom is 0.168 e. The molecule has 2 aromatic rings. The van der Waals surface area contributed by atoms with Gasteiger partial charge in [-0.1, -0.05) is 13.0 Å². The van der Waals surface area contributed by atoms with Crippen molar-refractivity contribution in [2.24, 2.45) is 0 Å². The molecule has 92 valence electrons. The molecule has 2 aromatic heterocycles. The van der Waals surface area contributed by atoms with Gasteiger partial charge in [-0.05, 0) is 37.1 Å². The van der Waals surface area contributed by atoms with Crippen LogP contribution in [0, 0.1) is 6.92 Å². The number of hydrogen-bond donors (Lipinski definition) is 0. The van der Waals surface area contributed by atoms with Crippen molar-refractivity contribution in [1.29, 1.82) is 0 Å². The Morgan fingerprint density at radius 2 is 2.06 bits per heavy atom. The first-order valence-corrected chi connectivity index (χ1v) is 6.08. The van der Waals surface area contributed by atoms with Gasteiger partial charge in [0, 0.05) is 29.3 Å². The highest BCUT2D eigenvalue weighted by Crippen LogP contribution is 2.08. The summed E-state index contributed by atoms with van der Waals surface area (Å²) < 4.78 is 0. The minimum Gasteiger partial charge on any atom is -0.294 e. The molecule has 3 nitrogen and oxygen atoms in total. The fourth-order valence-electron chi connectivity index (χ4n) is 1.75. The summed E-state index contributed by atoms with van der Waals surface area (Å²) in [6.07, 6.45) is 4.80. The molecule has 2 rings (SSSR count). The van der Waals surface area contributed by atoms with Crippen LogP contribution in [0.1, 0.15) is 34.2 Å². The molecule has 0 aromatic carbocycles. The van der Waals surface area contributed by atoms with Gasteiger partial charge in [0.1, 0.15) is 0 Å². The predicted molar refractivity (Wildman–Crippen MR) is 70.6 cm³/mol. The second-order valence-corrected chi connectivity index (χ2v) is 4.30. The van der Waals surface area contributed by atoms with Gasteiger partial charge in [0.15, 0.2) is 5.78 Å². The SMILES string of the molecule is CCc1ccc(CC(=O)c2ccnc(C)c2)nc1. The van der Waals surface area contributed by atoms with Crippen LogP contribution < -0.4 is 0 Å². The summed E-state index contributed by atoms with van der Waals surface area (Å²) in [5.74, 6) is 0.0808. The van der Waals surface area contributed by atoms with Gasteiger partial charge in [0.2, 0.25) is 0 Å². The Kier molecular flexibility index (Phi) is 3.82. The summed E-state index contributed by atoms with van der Waals surface area (Å²) in [4.78, 5) is 20.4. The summed E-state index contributed by atoms with van der Waals surface area (Å²) in [7, 11) is 0. The second kappa shape index (κ2) is 5.54. The van der Waals surface area contributed by atoms with Crippen molar-refractivity contribution in [3.8, 4) is 0 Å². The van der Waals surface area contributed by atoms with Gasteiger partial charge in [-0.3, -0.25) is 14.8 Å². The van der Waals surface area contributed by atoms with E-state index in [9.17, 15) is 4.79 Å². The smallest absolute Gasteiger partial charge is 0.168 e. The van der Waals surface area contributed by atoms with E-state index in [1.165, 1.54) is 5.56 Å². The molecule has 0 radical (unpaired) electrons. The summed E-state index contributed by atoms with van der Waals surface area (Å²) in [5, 5.41) is 0. The van der Waals surface area contributed by atoms with Crippen molar-refractivity contribution in [1.82, 2.24) is 9.97 Å². The monoisotopic (exact) mass is 240 g/mol. The van der Waals surface area contributed by atoms with Crippen molar-refractivity contribution >= 4 is 5.78 Å². The third kappa shape index (κ3) is 3.00. The van der Waals surface area contributed by atoms with E-state index >= 15 is 0 Å². The number of hydrogen-bond acceptors (Lipinski definition) is 3. The first-order chi connectivity index (χ1) is 8.69. The van der Waals surface area contributed by atoms with Crippen LogP contribution in [0.2, 0.25) is 0 Å². The summed E-state index contributed by atoms with van der Waals surface area (Å²) in [6, 6.07) is 7.50. The van der Waals surface area contributed by atoms with Crippen molar-refractivity contribution in [3.05, 3.63) is 59.2 Å². The highest BCUT2D eigenvalue weighted by Gasteiger charge is 2.08. The van der Waals surface area contributed by atoms with E-state index in [4.69, 9.17) is 0 Å². The zero-order valence-corrected chi connectivity index (χ0v) is 10.7. The fourth-order valence-corrected chi connectivity index (χ4v) is 1.75. The van der Waals surface area contributed by atoms with Crippen molar-refractivity contribution in [2.75, 3.05) is 0 Å². The van der Waals surface area contributed by atoms with Gasteiger partial charge in [-0.2, -0.15) is 0 Å². The molecule has 2 heterocycles. The van der Waals surface area contributed by atoms with Gasteiger partial charge in [0.05, 0.1) is 6.42 Å². The number of nitrogens with zero attached hydrogens (tertiary/aromatic N) is 2. The van der Waals surface area contributed by atoms with E-state index in [0.29, 0.717) is 12.0 Å². The van der Waals surface area contributed by atoms with Crippen molar-refractivity contribution in [3.63, 3.8) is 0 Å². The quantitative estimate of drug-likeness (QED) is 0.772. The average Bonchev–Trinajstić information content (AvgIpc) is 2.39. The Morgan fingerprint density at radius 1 is 1.22 bits per heavy atom. The minimum absolute atomic E-state index is 0.0808. The van der Waals surface area contributed by atoms with Gasteiger partial charge >= 0.3 is 0 Å². The standard InChI is InChI=1S/C15H16N2O/c1-3-12-4-5-14(17-10-12)9-15(18)13-6-7-16-11(2)8-13/h4-8,10H,3,9H2,1-2H3. The number of aromatic nitrogens is 2. The Hall–Kier alpha value is -2.03. The van der Waals surface area contributed by atoms with E-state index in [-0.39, 0.29) is 5.78 Å². The van der Waals surface area contributed by atoms with Crippen molar-refractivity contribution in [2.45, 2.75) is 26.7 Å². The number of pyridine rings is 2. The topological polar surface area (TPSA) is 42.9 Å². The minimum atomic E-state index is 0.0808. The van der Waals surface area contributed by atoms with Gasteiger partial charge in [-0.15, -0.1) is 0 Å². The van der Waals surface area contributed by atoms with E-state index in [1.807, 2.05) is 31.3 Å². The number of rotatable bonds is 4. The van der Waals surface area contributed by atoms with Crippen LogP contribution in [0.5, 0.6) is 0 Å². The number of ketones is 1. The van der Waals surface area contributed by atoms with E-state index in [2.05, 4.69) is 16.9 Å². The molecule has 0 N–H and O–H groups in total. The molecule has 3 heteroatoms. The van der Waals surface area contributed by atoms with E-state index < -0.39 is 0 Å². The molecule has 0 saturated heterocycles. The largest absolute Gasteiger partial charge is 0.294 e. The number of carbonyl (C=O) groups is 1. The molecule has 0 atom stereocenters. The Balaban J connectivity index is 2.11. The van der Waals surface area contributed by atoms with Crippen LogP contribution in [0.3, 0.4) is 0 Å². The molecule has 0 unspecified atom stereocenters. The summed E-state index contributed by atoms with van der Waals surface area (Å²) in [6.45, 7) is 3.96. The second-order valence-electron chi connectivity index (χ2n) is 4.30. The van der Waals surface area contributed by atoms with Crippen LogP contribution in [0.4, 0.5) is 0 Å². The third-order valence-corrected chi connectivity index (χ3v) is 2.85. The zero-order valence-electron chi connectivity index (χ0n) is 10.7. The van der Waals surface area contributed by atoms with Crippen molar-refractivity contribution < 1.29 is 4.79 Å². The first-order valence-electron chi connectivity index (χ1n) is 6.08. The predicted octanol–water partition coefficient (Wildman–Crippen LogP) is 2.77. The van der Waals surface area contributed by atoms with Gasteiger partial charge in [0.25, 0.3) is 0 Å². The molecule has 0 aliphatic heterocycles. The average molecular weight is 240 g/mol. The molecule has 0 bridgehead atoms. The van der Waals surface area contributed by atoms with E-state index in [0.717, 1.165) is 17.8 Å². The van der Waals surface area contributed by atoms with Crippen LogP contribution in [-0.4, -0.2) is 15.8 Å². The summed E-state index contributed by atoms with van der Waals surface area (Å²) >= 11 is 0. The molecule has 0 aliphatic rings. The Labute approximate surface area is 107 Å². The maximum atomic E-state index is 12.1. The number of aryl methyl sites for hydroxylation is 2. The van der Waals surface area contributed by atoms with Gasteiger partial charge < -0.3 is 0 Å². The molecule has 0 amide bonds. The zero-order chi connectivity index (χ0) is 13.0. The lowest BCUT2D eigenvalue weighted by Gasteiger charge is -2.02. The van der Waals surface area contributed by atoms with Crippen LogP contribution in [-0.2, 0) is 12.8 Å². The molecular weight excluding hydrogens is 224 g/mol. The van der Waals surface area contributed by atoms with Crippen LogP contribution in [0.15, 0.2) is 36.7 Å². The lowest BCUT2D eigenvalue weighted by atomic mass is 10.1. The lowest BCUT2D eigenvalue weighted by molar-refractivity contribution is 0.0991. The Bertz CT molecular complexity index is 547. The highest BCUT2D eigenvalue weighted by molar-refractivity contribution is 5.97. The number of Topliss-reactive ketones (excluding diaryl/α,β-unsaturated/α-hetero) is 1. The molecule has 0 aliphatic carbocycles. The third-order valence-electron chi connectivity index (χ3n) is 2.85. The highest BCUT2D eigenvalue weighted by atomic mass is 16.1. The molecule has 0 spiro atoms.